The minimum atomic E-state index is -0.0538. The summed E-state index contributed by atoms with van der Waals surface area (Å²) >= 11 is 1.24. The predicted molar refractivity (Wildman–Crippen MR) is 103 cm³/mol. The largest absolute Gasteiger partial charge is 0.411 e. The Morgan fingerprint density at radius 3 is 2.54 bits per heavy atom. The number of hydrogen-bond acceptors (Lipinski definition) is 5. The van der Waals surface area contributed by atoms with Gasteiger partial charge in [-0.25, -0.2) is 0 Å². The maximum Gasteiger partial charge on any atom is 0.277 e. The molecule has 0 spiro atoms. The Hall–Kier alpha value is -2.60. The summed E-state index contributed by atoms with van der Waals surface area (Å²) < 4.78 is 5.61. The van der Waals surface area contributed by atoms with Crippen LogP contribution in [0.15, 0.2) is 64.2 Å². The second kappa shape index (κ2) is 8.67. The molecule has 0 aliphatic carbocycles. The lowest BCUT2D eigenvalue weighted by Crippen LogP contribution is -2.29. The van der Waals surface area contributed by atoms with Gasteiger partial charge >= 0.3 is 0 Å². The minimum absolute atomic E-state index is 0.00580. The lowest BCUT2D eigenvalue weighted by Gasteiger charge is -2.17. The van der Waals surface area contributed by atoms with Gasteiger partial charge in [0.15, 0.2) is 0 Å². The summed E-state index contributed by atoms with van der Waals surface area (Å²) in [6.45, 7) is 4.11. The van der Waals surface area contributed by atoms with Gasteiger partial charge in [-0.2, -0.15) is 0 Å². The molecule has 1 heterocycles. The van der Waals surface area contributed by atoms with Gasteiger partial charge in [0.05, 0.1) is 11.8 Å². The van der Waals surface area contributed by atoms with E-state index in [0.717, 1.165) is 17.5 Å². The first kappa shape index (κ1) is 18.2. The molecule has 1 N–H and O–H groups in total. The second-order valence-corrected chi connectivity index (χ2v) is 6.89. The Labute approximate surface area is 157 Å². The maximum atomic E-state index is 12.3. The summed E-state index contributed by atoms with van der Waals surface area (Å²) in [6, 6.07) is 17.8. The summed E-state index contributed by atoms with van der Waals surface area (Å²) in [4.78, 5) is 12.3. The van der Waals surface area contributed by atoms with Crippen LogP contribution in [-0.4, -0.2) is 21.9 Å². The first-order chi connectivity index (χ1) is 12.7. The molecule has 0 aliphatic rings. The molecule has 0 saturated carbocycles. The number of hydrogen-bond donors (Lipinski definition) is 1. The van der Waals surface area contributed by atoms with Gasteiger partial charge in [-0.15, -0.1) is 10.2 Å². The number of aryl methyl sites for hydroxylation is 1. The summed E-state index contributed by atoms with van der Waals surface area (Å²) in [5.74, 6) is 0.639. The molecule has 1 amide bonds. The average Bonchev–Trinajstić information content (AvgIpc) is 3.15. The van der Waals surface area contributed by atoms with Gasteiger partial charge in [-0.1, -0.05) is 66.7 Å². The van der Waals surface area contributed by atoms with Crippen LogP contribution in [0.3, 0.4) is 0 Å². The van der Waals surface area contributed by atoms with E-state index in [0.29, 0.717) is 11.1 Å². The fourth-order valence-corrected chi connectivity index (χ4v) is 3.12. The predicted octanol–water partition coefficient (Wildman–Crippen LogP) is 4.40. The van der Waals surface area contributed by atoms with Gasteiger partial charge in [0.2, 0.25) is 11.8 Å². The Morgan fingerprint density at radius 2 is 1.85 bits per heavy atom. The number of aromatic nitrogens is 2. The molecule has 1 atom stereocenters. The standard InChI is InChI=1S/C20H21N3O2S/c1-3-17(15-11-9-14(2)10-12-15)21-18(24)13-26-20-23-22-19(25-20)16-7-5-4-6-8-16/h4-12,17H,3,13H2,1-2H3,(H,21,24)/t17-/m1/s1. The SMILES string of the molecule is CC[C@@H](NC(=O)CSc1nnc(-c2ccccc2)o1)c1ccc(C)cc1. The fraction of sp³-hybridized carbons (Fsp3) is 0.250. The lowest BCUT2D eigenvalue weighted by atomic mass is 10.0. The highest BCUT2D eigenvalue weighted by Crippen LogP contribution is 2.23. The summed E-state index contributed by atoms with van der Waals surface area (Å²) in [6.07, 6.45) is 0.832. The van der Waals surface area contributed by atoms with E-state index < -0.39 is 0 Å². The van der Waals surface area contributed by atoms with Crippen LogP contribution >= 0.6 is 11.8 Å². The average molecular weight is 367 g/mol. The van der Waals surface area contributed by atoms with Crippen molar-refractivity contribution >= 4 is 17.7 Å². The molecule has 1 aromatic heterocycles. The molecule has 0 radical (unpaired) electrons. The molecular formula is C20H21N3O2S. The number of amides is 1. The zero-order valence-electron chi connectivity index (χ0n) is 14.8. The van der Waals surface area contributed by atoms with Crippen molar-refractivity contribution in [1.82, 2.24) is 15.5 Å². The van der Waals surface area contributed by atoms with E-state index in [1.807, 2.05) is 37.3 Å². The molecule has 6 heteroatoms. The zero-order valence-corrected chi connectivity index (χ0v) is 15.6. The Kier molecular flexibility index (Phi) is 6.07. The zero-order chi connectivity index (χ0) is 18.4. The number of carbonyl (C=O) groups excluding carboxylic acids is 1. The third-order valence-electron chi connectivity index (χ3n) is 3.98. The number of rotatable bonds is 7. The number of thioether (sulfide) groups is 1. The third kappa shape index (κ3) is 4.73. The van der Waals surface area contributed by atoms with E-state index in [4.69, 9.17) is 4.42 Å². The van der Waals surface area contributed by atoms with Crippen molar-refractivity contribution in [3.05, 3.63) is 65.7 Å². The molecule has 0 bridgehead atoms. The minimum Gasteiger partial charge on any atom is -0.411 e. The van der Waals surface area contributed by atoms with Crippen LogP contribution in [0.4, 0.5) is 0 Å². The molecule has 3 aromatic rings. The second-order valence-electron chi connectivity index (χ2n) is 5.97. The van der Waals surface area contributed by atoms with Gasteiger partial charge in [-0.05, 0) is 31.0 Å². The fourth-order valence-electron chi connectivity index (χ4n) is 2.55. The first-order valence-corrected chi connectivity index (χ1v) is 9.52. The maximum absolute atomic E-state index is 12.3. The van der Waals surface area contributed by atoms with Crippen LogP contribution in [0.2, 0.25) is 0 Å². The molecule has 2 aromatic carbocycles. The highest BCUT2D eigenvalue weighted by molar-refractivity contribution is 7.99. The highest BCUT2D eigenvalue weighted by Gasteiger charge is 2.15. The van der Waals surface area contributed by atoms with Crippen LogP contribution in [0.25, 0.3) is 11.5 Å². The van der Waals surface area contributed by atoms with E-state index in [1.54, 1.807) is 0 Å². The smallest absolute Gasteiger partial charge is 0.277 e. The molecule has 26 heavy (non-hydrogen) atoms. The Balaban J connectivity index is 1.55. The van der Waals surface area contributed by atoms with Crippen molar-refractivity contribution in [3.8, 4) is 11.5 Å². The number of benzene rings is 2. The van der Waals surface area contributed by atoms with Crippen LogP contribution < -0.4 is 5.32 Å². The number of carbonyl (C=O) groups is 1. The van der Waals surface area contributed by atoms with Gasteiger partial charge < -0.3 is 9.73 Å². The normalized spacial score (nSPS) is 11.9. The van der Waals surface area contributed by atoms with Gasteiger partial charge in [0, 0.05) is 5.56 Å². The van der Waals surface area contributed by atoms with Crippen LogP contribution in [0, 0.1) is 6.92 Å². The molecule has 3 rings (SSSR count). The van der Waals surface area contributed by atoms with E-state index in [2.05, 4.69) is 46.7 Å². The van der Waals surface area contributed by atoms with Crippen molar-refractivity contribution in [2.75, 3.05) is 5.75 Å². The third-order valence-corrected chi connectivity index (χ3v) is 4.80. The van der Waals surface area contributed by atoms with Crippen molar-refractivity contribution in [1.29, 1.82) is 0 Å². The molecule has 0 saturated heterocycles. The molecule has 0 aliphatic heterocycles. The van der Waals surface area contributed by atoms with Gasteiger partial charge in [0.1, 0.15) is 0 Å². The van der Waals surface area contributed by atoms with Crippen molar-refractivity contribution in [2.24, 2.45) is 0 Å². The van der Waals surface area contributed by atoms with Crippen molar-refractivity contribution in [2.45, 2.75) is 31.5 Å². The Bertz CT molecular complexity index is 847. The van der Waals surface area contributed by atoms with E-state index >= 15 is 0 Å². The summed E-state index contributed by atoms with van der Waals surface area (Å²) in [5.41, 5.74) is 3.18. The molecular weight excluding hydrogens is 346 g/mol. The number of nitrogens with zero attached hydrogens (tertiary/aromatic N) is 2. The topological polar surface area (TPSA) is 68.0 Å². The van der Waals surface area contributed by atoms with E-state index in [9.17, 15) is 4.79 Å². The van der Waals surface area contributed by atoms with Crippen molar-refractivity contribution in [3.63, 3.8) is 0 Å². The van der Waals surface area contributed by atoms with Crippen LogP contribution in [0.5, 0.6) is 0 Å². The monoisotopic (exact) mass is 367 g/mol. The quantitative estimate of drug-likeness (QED) is 0.627. The summed E-state index contributed by atoms with van der Waals surface area (Å²) in [7, 11) is 0. The molecule has 5 nitrogen and oxygen atoms in total. The first-order valence-electron chi connectivity index (χ1n) is 8.53. The van der Waals surface area contributed by atoms with Crippen LogP contribution in [0.1, 0.15) is 30.5 Å². The molecule has 0 fully saturated rings. The van der Waals surface area contributed by atoms with Crippen molar-refractivity contribution < 1.29 is 9.21 Å². The molecule has 134 valence electrons. The van der Waals surface area contributed by atoms with E-state index in [-0.39, 0.29) is 17.7 Å². The van der Waals surface area contributed by atoms with Crippen LogP contribution in [-0.2, 0) is 4.79 Å². The van der Waals surface area contributed by atoms with E-state index in [1.165, 1.54) is 17.3 Å². The van der Waals surface area contributed by atoms with Gasteiger partial charge in [-0.3, -0.25) is 4.79 Å². The lowest BCUT2D eigenvalue weighted by molar-refractivity contribution is -0.119. The summed E-state index contributed by atoms with van der Waals surface area (Å²) in [5, 5.41) is 11.5. The number of nitrogens with one attached hydrogen (secondary N) is 1. The Morgan fingerprint density at radius 1 is 1.12 bits per heavy atom. The molecule has 0 unspecified atom stereocenters. The highest BCUT2D eigenvalue weighted by atomic mass is 32.2. The van der Waals surface area contributed by atoms with Gasteiger partial charge in [0.25, 0.3) is 5.22 Å².